The fourth-order valence-corrected chi connectivity index (χ4v) is 2.88. The van der Waals surface area contributed by atoms with Crippen LogP contribution in [0.15, 0.2) is 60.7 Å². The van der Waals surface area contributed by atoms with Gasteiger partial charge in [-0.05, 0) is 49.8 Å². The average Bonchev–Trinajstić information content (AvgIpc) is 2.99. The van der Waals surface area contributed by atoms with Gasteiger partial charge < -0.3 is 10.5 Å². The van der Waals surface area contributed by atoms with Crippen LogP contribution in [0.4, 0.5) is 0 Å². The van der Waals surface area contributed by atoms with E-state index in [1.807, 2.05) is 48.9 Å². The molecule has 0 unspecified atom stereocenters. The van der Waals surface area contributed by atoms with Crippen LogP contribution in [0.2, 0.25) is 0 Å². The van der Waals surface area contributed by atoms with Crippen molar-refractivity contribution in [1.29, 1.82) is 0 Å². The molecule has 0 aliphatic carbocycles. The molecule has 0 saturated heterocycles. The maximum absolute atomic E-state index is 12.1. The molecule has 2 aromatic carbocycles. The summed E-state index contributed by atoms with van der Waals surface area (Å²) in [5.74, 6) is -0.995. The van der Waals surface area contributed by atoms with Gasteiger partial charge in [0.05, 0.1) is 11.4 Å². The second kappa shape index (κ2) is 8.35. The molecule has 0 radical (unpaired) electrons. The predicted molar refractivity (Wildman–Crippen MR) is 107 cm³/mol. The highest BCUT2D eigenvalue weighted by Gasteiger charge is 2.11. The molecule has 3 aromatic rings. The van der Waals surface area contributed by atoms with Crippen LogP contribution in [0.5, 0.6) is 0 Å². The first-order valence-electron chi connectivity index (χ1n) is 8.81. The molecule has 6 heteroatoms. The third kappa shape index (κ3) is 4.35. The minimum Gasteiger partial charge on any atom is -0.458 e. The maximum atomic E-state index is 12.1. The average molecular weight is 375 g/mol. The number of ether oxygens (including phenoxy) is 1. The molecule has 0 aliphatic heterocycles. The summed E-state index contributed by atoms with van der Waals surface area (Å²) in [7, 11) is 0. The third-order valence-corrected chi connectivity index (χ3v) is 4.33. The SMILES string of the molecule is Cc1nn(-c2ccccc2)c(C)c1/C=C/C(=O)OCc1cccc(C(N)=O)c1. The van der Waals surface area contributed by atoms with Crippen molar-refractivity contribution in [1.82, 2.24) is 9.78 Å². The number of rotatable bonds is 6. The van der Waals surface area contributed by atoms with Gasteiger partial charge in [0.1, 0.15) is 6.61 Å². The summed E-state index contributed by atoms with van der Waals surface area (Å²) in [5, 5.41) is 4.55. The first-order valence-corrected chi connectivity index (χ1v) is 8.81. The molecule has 1 heterocycles. The lowest BCUT2D eigenvalue weighted by molar-refractivity contribution is -0.138. The molecular weight excluding hydrogens is 354 g/mol. The summed E-state index contributed by atoms with van der Waals surface area (Å²) in [5.41, 5.74) is 9.91. The molecule has 0 atom stereocenters. The van der Waals surface area contributed by atoms with E-state index in [9.17, 15) is 9.59 Å². The van der Waals surface area contributed by atoms with E-state index in [2.05, 4.69) is 5.10 Å². The van der Waals surface area contributed by atoms with Gasteiger partial charge >= 0.3 is 5.97 Å². The van der Waals surface area contributed by atoms with Gasteiger partial charge in [0.2, 0.25) is 5.91 Å². The molecule has 2 N–H and O–H groups in total. The van der Waals surface area contributed by atoms with Crippen LogP contribution in [0.3, 0.4) is 0 Å². The number of carbonyl (C=O) groups is 2. The topological polar surface area (TPSA) is 87.2 Å². The van der Waals surface area contributed by atoms with Gasteiger partial charge in [0.25, 0.3) is 0 Å². The van der Waals surface area contributed by atoms with Crippen LogP contribution in [0.1, 0.15) is 32.9 Å². The number of carbonyl (C=O) groups excluding carboxylic acids is 2. The van der Waals surface area contributed by atoms with Gasteiger partial charge in [-0.1, -0.05) is 30.3 Å². The van der Waals surface area contributed by atoms with Crippen molar-refractivity contribution in [2.75, 3.05) is 0 Å². The summed E-state index contributed by atoms with van der Waals surface area (Å²) >= 11 is 0. The molecule has 3 rings (SSSR count). The Morgan fingerprint density at radius 2 is 1.86 bits per heavy atom. The number of benzene rings is 2. The fraction of sp³-hybridized carbons (Fsp3) is 0.136. The highest BCUT2D eigenvalue weighted by molar-refractivity contribution is 5.93. The Hall–Kier alpha value is -3.67. The second-order valence-electron chi connectivity index (χ2n) is 6.34. The molecule has 142 valence electrons. The normalized spacial score (nSPS) is 10.9. The predicted octanol–water partition coefficient (Wildman–Crippen LogP) is 3.34. The first-order chi connectivity index (χ1) is 13.5. The quantitative estimate of drug-likeness (QED) is 0.529. The fourth-order valence-electron chi connectivity index (χ4n) is 2.88. The summed E-state index contributed by atoms with van der Waals surface area (Å²) in [4.78, 5) is 23.3. The summed E-state index contributed by atoms with van der Waals surface area (Å²) in [6.45, 7) is 3.91. The number of primary amides is 1. The number of amides is 1. The maximum Gasteiger partial charge on any atom is 0.331 e. The first kappa shape index (κ1) is 19.1. The number of esters is 1. The lowest BCUT2D eigenvalue weighted by Crippen LogP contribution is -2.11. The van der Waals surface area contributed by atoms with E-state index in [4.69, 9.17) is 10.5 Å². The molecule has 0 saturated carbocycles. The number of para-hydroxylation sites is 1. The minimum absolute atomic E-state index is 0.0610. The van der Waals surface area contributed by atoms with Crippen molar-refractivity contribution in [3.8, 4) is 5.69 Å². The number of hydrogen-bond acceptors (Lipinski definition) is 4. The smallest absolute Gasteiger partial charge is 0.331 e. The van der Waals surface area contributed by atoms with Crippen molar-refractivity contribution in [2.24, 2.45) is 5.73 Å². The second-order valence-corrected chi connectivity index (χ2v) is 6.34. The van der Waals surface area contributed by atoms with Gasteiger partial charge in [-0.2, -0.15) is 5.10 Å². The zero-order valence-corrected chi connectivity index (χ0v) is 15.8. The van der Waals surface area contributed by atoms with Crippen LogP contribution in [-0.2, 0) is 16.1 Å². The molecule has 0 spiro atoms. The molecule has 1 amide bonds. The monoisotopic (exact) mass is 375 g/mol. The zero-order chi connectivity index (χ0) is 20.1. The molecule has 28 heavy (non-hydrogen) atoms. The molecular formula is C22H21N3O3. The Kier molecular flexibility index (Phi) is 5.69. The van der Waals surface area contributed by atoms with E-state index in [-0.39, 0.29) is 6.61 Å². The van der Waals surface area contributed by atoms with Crippen molar-refractivity contribution < 1.29 is 14.3 Å². The van der Waals surface area contributed by atoms with Crippen LogP contribution in [0, 0.1) is 13.8 Å². The third-order valence-electron chi connectivity index (χ3n) is 4.33. The molecule has 1 aromatic heterocycles. The van der Waals surface area contributed by atoms with Crippen molar-refractivity contribution in [2.45, 2.75) is 20.5 Å². The molecule has 0 aliphatic rings. The number of hydrogen-bond donors (Lipinski definition) is 1. The van der Waals surface area contributed by atoms with Crippen LogP contribution >= 0.6 is 0 Å². The lowest BCUT2D eigenvalue weighted by atomic mass is 10.1. The Morgan fingerprint density at radius 1 is 1.11 bits per heavy atom. The van der Waals surface area contributed by atoms with Gasteiger partial charge in [-0.15, -0.1) is 0 Å². The van der Waals surface area contributed by atoms with Gasteiger partial charge in [0.15, 0.2) is 0 Å². The standard InChI is InChI=1S/C22H21N3O3/c1-15-20(16(2)25(24-15)19-9-4-3-5-10-19)11-12-21(26)28-14-17-7-6-8-18(13-17)22(23)27/h3-13H,14H2,1-2H3,(H2,23,27)/b12-11+. The summed E-state index contributed by atoms with van der Waals surface area (Å²) in [6, 6.07) is 16.5. The number of nitrogens with zero attached hydrogens (tertiary/aromatic N) is 2. The van der Waals surface area contributed by atoms with Crippen molar-refractivity contribution >= 4 is 18.0 Å². The van der Waals surface area contributed by atoms with E-state index in [1.165, 1.54) is 6.08 Å². The zero-order valence-electron chi connectivity index (χ0n) is 15.8. The Morgan fingerprint density at radius 3 is 2.57 bits per heavy atom. The van der Waals surface area contributed by atoms with Gasteiger partial charge in [0, 0.05) is 22.9 Å². The Bertz CT molecular complexity index is 1040. The van der Waals surface area contributed by atoms with E-state index in [0.717, 1.165) is 22.6 Å². The highest BCUT2D eigenvalue weighted by atomic mass is 16.5. The number of nitrogens with two attached hydrogens (primary N) is 1. The van der Waals surface area contributed by atoms with Crippen LogP contribution in [0.25, 0.3) is 11.8 Å². The molecule has 0 bridgehead atoms. The largest absolute Gasteiger partial charge is 0.458 e. The van der Waals surface area contributed by atoms with Crippen molar-refractivity contribution in [3.63, 3.8) is 0 Å². The van der Waals surface area contributed by atoms with E-state index >= 15 is 0 Å². The van der Waals surface area contributed by atoms with E-state index < -0.39 is 11.9 Å². The highest BCUT2D eigenvalue weighted by Crippen LogP contribution is 2.19. The molecule has 0 fully saturated rings. The van der Waals surface area contributed by atoms with Crippen LogP contribution in [-0.4, -0.2) is 21.7 Å². The Labute approximate surface area is 163 Å². The van der Waals surface area contributed by atoms with Gasteiger partial charge in [-0.3, -0.25) is 4.79 Å². The van der Waals surface area contributed by atoms with Crippen molar-refractivity contribution in [3.05, 3.63) is 88.8 Å². The number of aryl methyl sites for hydroxylation is 1. The van der Waals surface area contributed by atoms with Gasteiger partial charge in [-0.25, -0.2) is 9.48 Å². The molecule has 6 nitrogen and oxygen atoms in total. The van der Waals surface area contributed by atoms with E-state index in [0.29, 0.717) is 11.1 Å². The summed E-state index contributed by atoms with van der Waals surface area (Å²) < 4.78 is 7.09. The summed E-state index contributed by atoms with van der Waals surface area (Å²) in [6.07, 6.45) is 3.09. The number of aromatic nitrogens is 2. The lowest BCUT2D eigenvalue weighted by Gasteiger charge is -2.04. The minimum atomic E-state index is -0.519. The van der Waals surface area contributed by atoms with Crippen LogP contribution < -0.4 is 5.73 Å². The Balaban J connectivity index is 1.69. The van der Waals surface area contributed by atoms with E-state index in [1.54, 1.807) is 30.3 Å².